The average Bonchev–Trinajstić information content (AvgIpc) is 2.82. The number of nitrogens with one attached hydrogen (secondary N) is 1. The highest BCUT2D eigenvalue weighted by Crippen LogP contribution is 2.26. The summed E-state index contributed by atoms with van der Waals surface area (Å²) in [5, 5.41) is 26.2. The Morgan fingerprint density at radius 3 is 2.64 bits per heavy atom. The number of hydrogen-bond acceptors (Lipinski definition) is 8. The molecule has 0 spiro atoms. The van der Waals surface area contributed by atoms with Crippen LogP contribution in [0.5, 0.6) is 11.5 Å². The summed E-state index contributed by atoms with van der Waals surface area (Å²) in [5.41, 5.74) is 11.0. The molecular formula is C25H27N5O3. The SMILES string of the molecule is CCOCCOc1cc(C#N)cc(C(=N)c2cc(OCc3c(C)cnnc3C)ccc2N)c1. The van der Waals surface area contributed by atoms with Crippen molar-refractivity contribution in [2.45, 2.75) is 27.4 Å². The molecule has 33 heavy (non-hydrogen) atoms. The average molecular weight is 446 g/mol. The van der Waals surface area contributed by atoms with Gasteiger partial charge in [0.2, 0.25) is 0 Å². The maximum absolute atomic E-state index is 9.42. The van der Waals surface area contributed by atoms with Gasteiger partial charge in [-0.3, -0.25) is 5.41 Å². The van der Waals surface area contributed by atoms with Gasteiger partial charge >= 0.3 is 0 Å². The Morgan fingerprint density at radius 1 is 1.09 bits per heavy atom. The second kappa shape index (κ2) is 11.1. The Bertz CT molecular complexity index is 1170. The molecule has 0 aliphatic rings. The number of nitrogen functional groups attached to an aromatic ring is 1. The smallest absolute Gasteiger partial charge is 0.121 e. The van der Waals surface area contributed by atoms with E-state index >= 15 is 0 Å². The molecule has 3 aromatic rings. The molecule has 2 aromatic carbocycles. The first-order valence-corrected chi connectivity index (χ1v) is 10.6. The van der Waals surface area contributed by atoms with Gasteiger partial charge in [0, 0.05) is 29.0 Å². The van der Waals surface area contributed by atoms with E-state index in [0.29, 0.717) is 60.3 Å². The summed E-state index contributed by atoms with van der Waals surface area (Å²) in [4.78, 5) is 0. The standard InChI is InChI=1S/C25H27N5O3/c1-4-31-7-8-32-21-10-18(13-26)9-19(11-21)25(28)22-12-20(5-6-24(22)27)33-15-23-16(2)14-29-30-17(23)3/h5-6,9-12,14,28H,4,7-8,15,27H2,1-3H3. The predicted octanol–water partition coefficient (Wildman–Crippen LogP) is 3.96. The molecule has 0 atom stereocenters. The van der Waals surface area contributed by atoms with E-state index in [4.69, 9.17) is 25.4 Å². The molecule has 8 heteroatoms. The van der Waals surface area contributed by atoms with E-state index < -0.39 is 0 Å². The number of aromatic nitrogens is 2. The van der Waals surface area contributed by atoms with E-state index in [9.17, 15) is 5.26 Å². The maximum atomic E-state index is 9.42. The molecule has 8 nitrogen and oxygen atoms in total. The summed E-state index contributed by atoms with van der Waals surface area (Å²) in [5.74, 6) is 1.07. The fourth-order valence-corrected chi connectivity index (χ4v) is 3.25. The van der Waals surface area contributed by atoms with E-state index in [1.54, 1.807) is 42.6 Å². The summed E-state index contributed by atoms with van der Waals surface area (Å²) in [6.07, 6.45) is 1.70. The van der Waals surface area contributed by atoms with Crippen LogP contribution < -0.4 is 15.2 Å². The van der Waals surface area contributed by atoms with Crippen molar-refractivity contribution < 1.29 is 14.2 Å². The van der Waals surface area contributed by atoms with Crippen LogP contribution in [0.15, 0.2) is 42.6 Å². The lowest BCUT2D eigenvalue weighted by Crippen LogP contribution is -2.09. The van der Waals surface area contributed by atoms with Crippen molar-refractivity contribution in [3.8, 4) is 17.6 Å². The first-order valence-electron chi connectivity index (χ1n) is 10.6. The van der Waals surface area contributed by atoms with Gasteiger partial charge in [0.15, 0.2) is 0 Å². The first kappa shape index (κ1) is 23.7. The van der Waals surface area contributed by atoms with Crippen molar-refractivity contribution in [1.29, 1.82) is 10.7 Å². The number of benzene rings is 2. The minimum Gasteiger partial charge on any atom is -0.491 e. The van der Waals surface area contributed by atoms with Crippen molar-refractivity contribution in [2.75, 3.05) is 25.6 Å². The minimum absolute atomic E-state index is 0.169. The van der Waals surface area contributed by atoms with Gasteiger partial charge in [-0.1, -0.05) is 0 Å². The Kier molecular flexibility index (Phi) is 7.95. The molecular weight excluding hydrogens is 418 g/mol. The Morgan fingerprint density at radius 2 is 1.91 bits per heavy atom. The molecule has 170 valence electrons. The van der Waals surface area contributed by atoms with Crippen molar-refractivity contribution in [2.24, 2.45) is 0 Å². The van der Waals surface area contributed by atoms with E-state index in [0.717, 1.165) is 16.8 Å². The van der Waals surface area contributed by atoms with Crippen LogP contribution in [0.1, 0.15) is 40.4 Å². The zero-order valence-electron chi connectivity index (χ0n) is 19.0. The van der Waals surface area contributed by atoms with Gasteiger partial charge in [0.25, 0.3) is 0 Å². The van der Waals surface area contributed by atoms with Gasteiger partial charge < -0.3 is 19.9 Å². The summed E-state index contributed by atoms with van der Waals surface area (Å²) in [6, 6.07) is 12.3. The number of nitrogens with zero attached hydrogens (tertiary/aromatic N) is 3. The number of anilines is 1. The molecule has 0 saturated heterocycles. The summed E-state index contributed by atoms with van der Waals surface area (Å²) < 4.78 is 17.0. The Labute approximate surface area is 193 Å². The van der Waals surface area contributed by atoms with Crippen LogP contribution in [-0.4, -0.2) is 35.7 Å². The summed E-state index contributed by atoms with van der Waals surface area (Å²) >= 11 is 0. The van der Waals surface area contributed by atoms with Crippen LogP contribution in [-0.2, 0) is 11.3 Å². The monoisotopic (exact) mass is 445 g/mol. The highest BCUT2D eigenvalue weighted by atomic mass is 16.5. The van der Waals surface area contributed by atoms with Crippen LogP contribution in [0, 0.1) is 30.6 Å². The number of aryl methyl sites for hydroxylation is 2. The lowest BCUT2D eigenvalue weighted by molar-refractivity contribution is 0.110. The Balaban J connectivity index is 1.82. The predicted molar refractivity (Wildman–Crippen MR) is 126 cm³/mol. The largest absolute Gasteiger partial charge is 0.491 e. The van der Waals surface area contributed by atoms with Gasteiger partial charge in [-0.05, 0) is 62.7 Å². The highest BCUT2D eigenvalue weighted by molar-refractivity contribution is 6.14. The lowest BCUT2D eigenvalue weighted by atomic mass is 9.98. The molecule has 1 aromatic heterocycles. The van der Waals surface area contributed by atoms with Gasteiger partial charge in [-0.25, -0.2) is 0 Å². The van der Waals surface area contributed by atoms with Crippen LogP contribution in [0.25, 0.3) is 0 Å². The topological polar surface area (TPSA) is 127 Å². The van der Waals surface area contributed by atoms with Crippen molar-refractivity contribution in [1.82, 2.24) is 10.2 Å². The van der Waals surface area contributed by atoms with Crippen LogP contribution in [0.3, 0.4) is 0 Å². The van der Waals surface area contributed by atoms with Crippen LogP contribution >= 0.6 is 0 Å². The second-order valence-corrected chi connectivity index (χ2v) is 7.41. The molecule has 3 N–H and O–H groups in total. The minimum atomic E-state index is 0.169. The zero-order valence-corrected chi connectivity index (χ0v) is 19.0. The second-order valence-electron chi connectivity index (χ2n) is 7.41. The Hall–Kier alpha value is -3.96. The number of rotatable bonds is 10. The molecule has 0 saturated carbocycles. The molecule has 0 fully saturated rings. The van der Waals surface area contributed by atoms with E-state index in [2.05, 4.69) is 16.3 Å². The highest BCUT2D eigenvalue weighted by Gasteiger charge is 2.14. The molecule has 0 unspecified atom stereocenters. The molecule has 1 heterocycles. The van der Waals surface area contributed by atoms with Crippen molar-refractivity contribution >= 4 is 11.4 Å². The molecule has 0 bridgehead atoms. The zero-order chi connectivity index (χ0) is 23.8. The number of nitriles is 1. The number of ether oxygens (including phenoxy) is 3. The fourth-order valence-electron chi connectivity index (χ4n) is 3.25. The van der Waals surface area contributed by atoms with Gasteiger partial charge in [0.1, 0.15) is 24.7 Å². The van der Waals surface area contributed by atoms with Gasteiger partial charge in [-0.2, -0.15) is 15.5 Å². The van der Waals surface area contributed by atoms with Crippen LogP contribution in [0.2, 0.25) is 0 Å². The third-order valence-electron chi connectivity index (χ3n) is 5.07. The lowest BCUT2D eigenvalue weighted by Gasteiger charge is -2.14. The van der Waals surface area contributed by atoms with E-state index in [1.807, 2.05) is 20.8 Å². The molecule has 0 radical (unpaired) electrons. The first-order chi connectivity index (χ1) is 15.9. The van der Waals surface area contributed by atoms with Crippen LogP contribution in [0.4, 0.5) is 5.69 Å². The summed E-state index contributed by atoms with van der Waals surface area (Å²) in [6.45, 7) is 7.48. The maximum Gasteiger partial charge on any atom is 0.121 e. The van der Waals surface area contributed by atoms with Crippen molar-refractivity contribution in [3.63, 3.8) is 0 Å². The van der Waals surface area contributed by atoms with Crippen molar-refractivity contribution in [3.05, 3.63) is 76.1 Å². The summed E-state index contributed by atoms with van der Waals surface area (Å²) in [7, 11) is 0. The number of nitrogens with two attached hydrogens (primary N) is 1. The molecule has 0 aliphatic heterocycles. The molecule has 3 rings (SSSR count). The van der Waals surface area contributed by atoms with E-state index in [-0.39, 0.29) is 5.71 Å². The fraction of sp³-hybridized carbons (Fsp3) is 0.280. The number of hydrogen-bond donors (Lipinski definition) is 2. The molecule has 0 aliphatic carbocycles. The third-order valence-corrected chi connectivity index (χ3v) is 5.07. The normalized spacial score (nSPS) is 10.5. The van der Waals surface area contributed by atoms with E-state index in [1.165, 1.54) is 0 Å². The van der Waals surface area contributed by atoms with Gasteiger partial charge in [0.05, 0.1) is 35.8 Å². The molecule has 0 amide bonds. The van der Waals surface area contributed by atoms with Gasteiger partial charge in [-0.15, -0.1) is 0 Å². The quantitative estimate of drug-likeness (QED) is 0.275. The third kappa shape index (κ3) is 6.05.